The standard InChI is InChI=1S/C12H19N3O3/c1-4-8(3)6-15(5-2)11(16)9-10(12(17)18)14-7-13-9/h7-8H,4-6H2,1-3H3,(H,13,14)(H,17,18). The molecular formula is C12H19N3O3. The van der Waals surface area contributed by atoms with E-state index < -0.39 is 5.97 Å². The van der Waals surface area contributed by atoms with Gasteiger partial charge in [-0.25, -0.2) is 9.78 Å². The van der Waals surface area contributed by atoms with Gasteiger partial charge in [0.1, 0.15) is 0 Å². The van der Waals surface area contributed by atoms with Crippen LogP contribution in [0, 0.1) is 5.92 Å². The Morgan fingerprint density at radius 2 is 2.17 bits per heavy atom. The minimum atomic E-state index is -1.17. The lowest BCUT2D eigenvalue weighted by molar-refractivity contribution is 0.0665. The average molecular weight is 253 g/mol. The molecule has 0 bridgehead atoms. The fourth-order valence-electron chi connectivity index (χ4n) is 1.63. The van der Waals surface area contributed by atoms with Gasteiger partial charge in [-0.2, -0.15) is 0 Å². The summed E-state index contributed by atoms with van der Waals surface area (Å²) in [7, 11) is 0. The van der Waals surface area contributed by atoms with E-state index >= 15 is 0 Å². The van der Waals surface area contributed by atoms with Crippen molar-refractivity contribution in [3.63, 3.8) is 0 Å². The number of carboxylic acids is 1. The maximum Gasteiger partial charge on any atom is 0.354 e. The molecular weight excluding hydrogens is 234 g/mol. The van der Waals surface area contributed by atoms with E-state index in [1.807, 2.05) is 6.92 Å². The first kappa shape index (κ1) is 14.2. The Bertz CT molecular complexity index is 428. The van der Waals surface area contributed by atoms with E-state index in [2.05, 4.69) is 23.8 Å². The van der Waals surface area contributed by atoms with Gasteiger partial charge >= 0.3 is 5.97 Å². The number of aromatic nitrogens is 2. The summed E-state index contributed by atoms with van der Waals surface area (Å²) >= 11 is 0. The Labute approximate surface area is 106 Å². The van der Waals surface area contributed by atoms with Crippen LogP contribution < -0.4 is 0 Å². The summed E-state index contributed by atoms with van der Waals surface area (Å²) in [5.74, 6) is -1.13. The Hall–Kier alpha value is -1.85. The van der Waals surface area contributed by atoms with Gasteiger partial charge in [-0.15, -0.1) is 0 Å². The number of hydrogen-bond acceptors (Lipinski definition) is 3. The Kier molecular flexibility index (Phi) is 4.88. The molecule has 0 aliphatic carbocycles. The molecule has 0 aliphatic rings. The summed E-state index contributed by atoms with van der Waals surface area (Å²) in [4.78, 5) is 31.0. The van der Waals surface area contributed by atoms with Crippen molar-refractivity contribution < 1.29 is 14.7 Å². The van der Waals surface area contributed by atoms with E-state index in [1.54, 1.807) is 4.90 Å². The highest BCUT2D eigenvalue weighted by atomic mass is 16.4. The quantitative estimate of drug-likeness (QED) is 0.806. The molecule has 0 saturated carbocycles. The molecule has 1 atom stereocenters. The van der Waals surface area contributed by atoms with E-state index in [-0.39, 0.29) is 17.3 Å². The molecule has 0 radical (unpaired) electrons. The number of rotatable bonds is 6. The van der Waals surface area contributed by atoms with Crippen LogP contribution in [0.3, 0.4) is 0 Å². The molecule has 6 heteroatoms. The van der Waals surface area contributed by atoms with E-state index in [0.717, 1.165) is 6.42 Å². The number of carbonyl (C=O) groups is 2. The zero-order chi connectivity index (χ0) is 13.7. The molecule has 100 valence electrons. The van der Waals surface area contributed by atoms with Crippen LogP contribution >= 0.6 is 0 Å². The minimum absolute atomic E-state index is 0.0207. The average Bonchev–Trinajstić information content (AvgIpc) is 2.83. The predicted octanol–water partition coefficient (Wildman–Crippen LogP) is 1.62. The van der Waals surface area contributed by atoms with Gasteiger partial charge in [0.05, 0.1) is 6.33 Å². The predicted molar refractivity (Wildman–Crippen MR) is 66.6 cm³/mol. The lowest BCUT2D eigenvalue weighted by Crippen LogP contribution is -2.35. The van der Waals surface area contributed by atoms with E-state index in [4.69, 9.17) is 5.11 Å². The maximum atomic E-state index is 12.2. The van der Waals surface area contributed by atoms with Crippen LogP contribution in [0.5, 0.6) is 0 Å². The highest BCUT2D eigenvalue weighted by Crippen LogP contribution is 2.11. The summed E-state index contributed by atoms with van der Waals surface area (Å²) in [6.07, 6.45) is 2.20. The van der Waals surface area contributed by atoms with Crippen LogP contribution in [0.2, 0.25) is 0 Å². The third kappa shape index (κ3) is 3.09. The molecule has 0 aliphatic heterocycles. The first-order valence-corrected chi connectivity index (χ1v) is 6.07. The third-order valence-corrected chi connectivity index (χ3v) is 2.95. The van der Waals surface area contributed by atoms with Crippen molar-refractivity contribution in [2.75, 3.05) is 13.1 Å². The number of hydrogen-bond donors (Lipinski definition) is 2. The highest BCUT2D eigenvalue weighted by Gasteiger charge is 2.24. The number of aromatic carboxylic acids is 1. The fraction of sp³-hybridized carbons (Fsp3) is 0.583. The summed E-state index contributed by atoms with van der Waals surface area (Å²) in [6, 6.07) is 0. The van der Waals surface area contributed by atoms with Crippen LogP contribution in [-0.2, 0) is 0 Å². The van der Waals surface area contributed by atoms with Crippen molar-refractivity contribution >= 4 is 11.9 Å². The highest BCUT2D eigenvalue weighted by molar-refractivity contribution is 6.02. The number of carbonyl (C=O) groups excluding carboxylic acids is 1. The van der Waals surface area contributed by atoms with Crippen LogP contribution in [0.1, 0.15) is 48.2 Å². The van der Waals surface area contributed by atoms with Crippen molar-refractivity contribution in [2.45, 2.75) is 27.2 Å². The van der Waals surface area contributed by atoms with Gasteiger partial charge < -0.3 is 15.0 Å². The number of nitrogens with zero attached hydrogens (tertiary/aromatic N) is 2. The number of carboxylic acid groups (broad SMARTS) is 1. The first-order chi connectivity index (χ1) is 8.51. The van der Waals surface area contributed by atoms with E-state index in [1.165, 1.54) is 6.33 Å². The van der Waals surface area contributed by atoms with Gasteiger partial charge in [-0.3, -0.25) is 4.79 Å². The molecule has 0 spiro atoms. The van der Waals surface area contributed by atoms with Gasteiger partial charge in [0.15, 0.2) is 11.4 Å². The second kappa shape index (κ2) is 6.18. The van der Waals surface area contributed by atoms with Gasteiger partial charge in [0, 0.05) is 13.1 Å². The lowest BCUT2D eigenvalue weighted by Gasteiger charge is -2.23. The molecule has 1 aromatic heterocycles. The first-order valence-electron chi connectivity index (χ1n) is 6.07. The monoisotopic (exact) mass is 253 g/mol. The van der Waals surface area contributed by atoms with Crippen LogP contribution in [0.15, 0.2) is 6.33 Å². The van der Waals surface area contributed by atoms with Gasteiger partial charge in [0.2, 0.25) is 0 Å². The number of amides is 1. The van der Waals surface area contributed by atoms with Crippen LogP contribution in [0.4, 0.5) is 0 Å². The van der Waals surface area contributed by atoms with Crippen LogP contribution in [0.25, 0.3) is 0 Å². The summed E-state index contributed by atoms with van der Waals surface area (Å²) in [5.41, 5.74) is -0.171. The van der Waals surface area contributed by atoms with Crippen molar-refractivity contribution in [2.24, 2.45) is 5.92 Å². The minimum Gasteiger partial charge on any atom is -0.477 e. The van der Waals surface area contributed by atoms with Gasteiger partial charge in [-0.1, -0.05) is 20.3 Å². The van der Waals surface area contributed by atoms with E-state index in [9.17, 15) is 9.59 Å². The van der Waals surface area contributed by atoms with E-state index in [0.29, 0.717) is 19.0 Å². The zero-order valence-electron chi connectivity index (χ0n) is 10.9. The third-order valence-electron chi connectivity index (χ3n) is 2.95. The number of H-pyrrole nitrogens is 1. The molecule has 6 nitrogen and oxygen atoms in total. The Morgan fingerprint density at radius 1 is 1.50 bits per heavy atom. The normalized spacial score (nSPS) is 12.2. The molecule has 18 heavy (non-hydrogen) atoms. The second-order valence-electron chi connectivity index (χ2n) is 4.29. The lowest BCUT2D eigenvalue weighted by atomic mass is 10.1. The molecule has 0 fully saturated rings. The van der Waals surface area contributed by atoms with Crippen molar-refractivity contribution in [1.82, 2.24) is 14.9 Å². The summed E-state index contributed by atoms with van der Waals surface area (Å²) < 4.78 is 0. The SMILES string of the molecule is CCC(C)CN(CC)C(=O)c1nc[nH]c1C(=O)O. The molecule has 1 heterocycles. The molecule has 1 amide bonds. The summed E-state index contributed by atoms with van der Waals surface area (Å²) in [6.45, 7) is 7.12. The molecule has 0 aromatic carbocycles. The fourth-order valence-corrected chi connectivity index (χ4v) is 1.63. The maximum absolute atomic E-state index is 12.2. The Balaban J connectivity index is 2.90. The van der Waals surface area contributed by atoms with Crippen LogP contribution in [-0.4, -0.2) is 44.9 Å². The molecule has 2 N–H and O–H groups in total. The molecule has 0 saturated heterocycles. The second-order valence-corrected chi connectivity index (χ2v) is 4.29. The van der Waals surface area contributed by atoms with Crippen molar-refractivity contribution in [1.29, 1.82) is 0 Å². The summed E-state index contributed by atoms with van der Waals surface area (Å²) in [5, 5.41) is 8.94. The molecule has 1 unspecified atom stereocenters. The van der Waals surface area contributed by atoms with Crippen molar-refractivity contribution in [3.8, 4) is 0 Å². The number of imidazole rings is 1. The molecule has 1 aromatic rings. The van der Waals surface area contributed by atoms with Gasteiger partial charge in [-0.05, 0) is 12.8 Å². The molecule has 1 rings (SSSR count). The van der Waals surface area contributed by atoms with Crippen molar-refractivity contribution in [3.05, 3.63) is 17.7 Å². The smallest absolute Gasteiger partial charge is 0.354 e. The zero-order valence-corrected chi connectivity index (χ0v) is 10.9. The Morgan fingerprint density at radius 3 is 2.67 bits per heavy atom. The largest absolute Gasteiger partial charge is 0.477 e. The van der Waals surface area contributed by atoms with Gasteiger partial charge in [0.25, 0.3) is 5.91 Å². The number of nitrogens with one attached hydrogen (secondary N) is 1. The topological polar surface area (TPSA) is 86.3 Å². The number of aromatic amines is 1.